The van der Waals surface area contributed by atoms with Gasteiger partial charge in [0.1, 0.15) is 5.82 Å². The summed E-state index contributed by atoms with van der Waals surface area (Å²) in [5.74, 6) is -0.293. The fourth-order valence-corrected chi connectivity index (χ4v) is 4.21. The molecule has 28 heavy (non-hydrogen) atoms. The molecule has 3 aromatic carbocycles. The molecule has 1 aliphatic heterocycles. The summed E-state index contributed by atoms with van der Waals surface area (Å²) in [7, 11) is 0. The number of nitrogens with zero attached hydrogens (tertiary/aromatic N) is 1. The van der Waals surface area contributed by atoms with Gasteiger partial charge < -0.3 is 9.88 Å². The van der Waals surface area contributed by atoms with Crippen LogP contribution in [0.15, 0.2) is 79.0 Å². The highest BCUT2D eigenvalue weighted by Crippen LogP contribution is 2.36. The van der Waals surface area contributed by atoms with Crippen molar-refractivity contribution in [3.8, 4) is 0 Å². The highest BCUT2D eigenvalue weighted by atomic mass is 19.1. The van der Waals surface area contributed by atoms with Gasteiger partial charge in [0.05, 0.1) is 17.1 Å². The van der Waals surface area contributed by atoms with Crippen molar-refractivity contribution >= 4 is 16.8 Å². The normalized spacial score (nSPS) is 16.2. The van der Waals surface area contributed by atoms with Crippen LogP contribution in [0.25, 0.3) is 10.9 Å². The van der Waals surface area contributed by atoms with Crippen LogP contribution in [0, 0.1) is 5.82 Å². The lowest BCUT2D eigenvalue weighted by molar-refractivity contribution is 0.0696. The van der Waals surface area contributed by atoms with Crippen molar-refractivity contribution in [3.63, 3.8) is 0 Å². The van der Waals surface area contributed by atoms with E-state index in [0.717, 1.165) is 28.5 Å². The van der Waals surface area contributed by atoms with Gasteiger partial charge in [0, 0.05) is 18.1 Å². The molecule has 3 nitrogen and oxygen atoms in total. The number of para-hydroxylation sites is 1. The van der Waals surface area contributed by atoms with Crippen LogP contribution in [-0.2, 0) is 6.42 Å². The summed E-state index contributed by atoms with van der Waals surface area (Å²) in [6.07, 6.45) is 2.66. The zero-order chi connectivity index (χ0) is 19.1. The van der Waals surface area contributed by atoms with E-state index in [2.05, 4.69) is 17.1 Å². The molecule has 0 spiro atoms. The summed E-state index contributed by atoms with van der Waals surface area (Å²) in [6.45, 7) is 0.620. The molecule has 4 heteroatoms. The van der Waals surface area contributed by atoms with E-state index in [1.165, 1.54) is 17.7 Å². The Morgan fingerprint density at radius 3 is 2.64 bits per heavy atom. The van der Waals surface area contributed by atoms with Crippen LogP contribution < -0.4 is 0 Å². The highest BCUT2D eigenvalue weighted by Gasteiger charge is 2.33. The van der Waals surface area contributed by atoms with Crippen molar-refractivity contribution in [1.29, 1.82) is 0 Å². The molecule has 1 aromatic heterocycles. The first-order valence-electron chi connectivity index (χ1n) is 9.43. The topological polar surface area (TPSA) is 36.1 Å². The Labute approximate surface area is 162 Å². The second-order valence-corrected chi connectivity index (χ2v) is 7.15. The van der Waals surface area contributed by atoms with Crippen molar-refractivity contribution in [2.24, 2.45) is 0 Å². The van der Waals surface area contributed by atoms with Gasteiger partial charge in [-0.2, -0.15) is 0 Å². The summed E-state index contributed by atoms with van der Waals surface area (Å²) >= 11 is 0. The first-order chi connectivity index (χ1) is 13.7. The monoisotopic (exact) mass is 370 g/mol. The van der Waals surface area contributed by atoms with Gasteiger partial charge in [-0.1, -0.05) is 48.5 Å². The third-order valence-corrected chi connectivity index (χ3v) is 5.55. The first kappa shape index (κ1) is 16.8. The fourth-order valence-electron chi connectivity index (χ4n) is 4.21. The smallest absolute Gasteiger partial charge is 0.256 e. The number of halogens is 1. The minimum Gasteiger partial charge on any atom is -0.361 e. The number of hydrogen-bond acceptors (Lipinski definition) is 1. The lowest BCUT2D eigenvalue weighted by Crippen LogP contribution is -2.40. The van der Waals surface area contributed by atoms with Gasteiger partial charge in [-0.05, 0) is 47.4 Å². The number of aromatic nitrogens is 1. The molecule has 0 aliphatic carbocycles. The number of carbonyl (C=O) groups excluding carboxylic acids is 1. The number of benzene rings is 3. The van der Waals surface area contributed by atoms with Crippen LogP contribution in [-0.4, -0.2) is 22.3 Å². The lowest BCUT2D eigenvalue weighted by Gasteiger charge is -2.38. The zero-order valence-corrected chi connectivity index (χ0v) is 15.2. The average molecular weight is 370 g/mol. The maximum absolute atomic E-state index is 13.6. The maximum Gasteiger partial charge on any atom is 0.256 e. The Balaban J connectivity index is 1.64. The number of fused-ring (bicyclic) bond motifs is 2. The first-order valence-corrected chi connectivity index (χ1v) is 9.43. The van der Waals surface area contributed by atoms with Gasteiger partial charge in [-0.15, -0.1) is 0 Å². The third kappa shape index (κ3) is 2.69. The molecule has 5 rings (SSSR count). The van der Waals surface area contributed by atoms with E-state index in [9.17, 15) is 9.18 Å². The van der Waals surface area contributed by atoms with Gasteiger partial charge >= 0.3 is 0 Å². The molecule has 1 atom stereocenters. The molecule has 0 radical (unpaired) electrons. The van der Waals surface area contributed by atoms with Gasteiger partial charge in [-0.3, -0.25) is 4.79 Å². The molecule has 0 saturated carbocycles. The Hall–Kier alpha value is -3.40. The molecule has 1 amide bonds. The number of carbonyl (C=O) groups is 1. The minimum absolute atomic E-state index is 0.0168. The summed E-state index contributed by atoms with van der Waals surface area (Å²) in [4.78, 5) is 18.7. The van der Waals surface area contributed by atoms with Crippen LogP contribution >= 0.6 is 0 Å². The zero-order valence-electron chi connectivity index (χ0n) is 15.2. The molecule has 0 saturated heterocycles. The van der Waals surface area contributed by atoms with Gasteiger partial charge in [0.15, 0.2) is 0 Å². The van der Waals surface area contributed by atoms with E-state index < -0.39 is 0 Å². The standard InChI is InChI=1S/C24H19FN2O/c25-19-10-8-18(9-11-19)23-20-6-2-1-4-16(20)13-15-27(23)24(28)21-7-3-5-17-12-14-26-22(17)21/h1-12,14,23,26H,13,15H2/t23-/m1/s1. The average Bonchev–Trinajstić information content (AvgIpc) is 3.22. The predicted octanol–water partition coefficient (Wildman–Crippen LogP) is 5.09. The summed E-state index contributed by atoms with van der Waals surface area (Å²) in [6, 6.07) is 22.2. The Bertz CT molecular complexity index is 1160. The molecular weight excluding hydrogens is 351 g/mol. The van der Waals surface area contributed by atoms with E-state index in [0.29, 0.717) is 12.1 Å². The molecule has 1 N–H and O–H groups in total. The molecule has 138 valence electrons. The van der Waals surface area contributed by atoms with Gasteiger partial charge in [-0.25, -0.2) is 4.39 Å². The maximum atomic E-state index is 13.6. The third-order valence-electron chi connectivity index (χ3n) is 5.55. The number of nitrogens with one attached hydrogen (secondary N) is 1. The van der Waals surface area contributed by atoms with Crippen LogP contribution in [0.5, 0.6) is 0 Å². The molecular formula is C24H19FN2O. The molecule has 0 bridgehead atoms. The number of amides is 1. The number of aromatic amines is 1. The number of H-pyrrole nitrogens is 1. The minimum atomic E-state index is -0.276. The van der Waals surface area contributed by atoms with Crippen LogP contribution in [0.4, 0.5) is 4.39 Å². The lowest BCUT2D eigenvalue weighted by atomic mass is 9.87. The molecule has 4 aromatic rings. The SMILES string of the molecule is O=C(c1cccc2cc[nH]c12)N1CCc2ccccc2[C@H]1c1ccc(F)cc1. The number of hydrogen-bond donors (Lipinski definition) is 1. The van der Waals surface area contributed by atoms with E-state index >= 15 is 0 Å². The van der Waals surface area contributed by atoms with Crippen LogP contribution in [0.1, 0.15) is 33.1 Å². The quantitative estimate of drug-likeness (QED) is 0.524. The molecule has 0 fully saturated rings. The number of rotatable bonds is 2. The van der Waals surface area contributed by atoms with Gasteiger partial charge in [0.25, 0.3) is 5.91 Å². The largest absolute Gasteiger partial charge is 0.361 e. The van der Waals surface area contributed by atoms with Crippen molar-refractivity contribution in [2.45, 2.75) is 12.5 Å². The van der Waals surface area contributed by atoms with E-state index in [1.54, 1.807) is 12.1 Å². The fraction of sp³-hybridized carbons (Fsp3) is 0.125. The summed E-state index contributed by atoms with van der Waals surface area (Å²) in [5.41, 5.74) is 4.77. The second-order valence-electron chi connectivity index (χ2n) is 7.15. The van der Waals surface area contributed by atoms with Gasteiger partial charge in [0.2, 0.25) is 0 Å². The van der Waals surface area contributed by atoms with Crippen molar-refractivity contribution in [3.05, 3.63) is 107 Å². The van der Waals surface area contributed by atoms with E-state index in [-0.39, 0.29) is 17.8 Å². The van der Waals surface area contributed by atoms with Crippen LogP contribution in [0.2, 0.25) is 0 Å². The van der Waals surface area contributed by atoms with E-state index in [1.807, 2.05) is 47.5 Å². The Kier molecular flexibility index (Phi) is 3.97. The highest BCUT2D eigenvalue weighted by molar-refractivity contribution is 6.06. The second kappa shape index (κ2) is 6.64. The molecule has 2 heterocycles. The Morgan fingerprint density at radius 1 is 0.964 bits per heavy atom. The Morgan fingerprint density at radius 2 is 1.79 bits per heavy atom. The predicted molar refractivity (Wildman–Crippen MR) is 108 cm³/mol. The van der Waals surface area contributed by atoms with Crippen molar-refractivity contribution in [1.82, 2.24) is 9.88 Å². The van der Waals surface area contributed by atoms with Crippen LogP contribution in [0.3, 0.4) is 0 Å². The van der Waals surface area contributed by atoms with E-state index in [4.69, 9.17) is 0 Å². The summed E-state index contributed by atoms with van der Waals surface area (Å²) < 4.78 is 13.5. The van der Waals surface area contributed by atoms with Crippen molar-refractivity contribution in [2.75, 3.05) is 6.54 Å². The van der Waals surface area contributed by atoms with Crippen molar-refractivity contribution < 1.29 is 9.18 Å². The molecule has 0 unspecified atom stereocenters. The summed E-state index contributed by atoms with van der Waals surface area (Å²) in [5, 5.41) is 1.02. The molecule has 1 aliphatic rings.